The van der Waals surface area contributed by atoms with Crippen molar-refractivity contribution in [3.05, 3.63) is 75.6 Å². The van der Waals surface area contributed by atoms with Crippen LogP contribution in [0, 0.1) is 26.2 Å². The maximum atomic E-state index is 13.5. The molecule has 1 aromatic heterocycles. The number of halogens is 1. The maximum absolute atomic E-state index is 13.5. The quantitative estimate of drug-likeness (QED) is 0.227. The van der Waals surface area contributed by atoms with Gasteiger partial charge in [0.25, 0.3) is 0 Å². The first-order valence-corrected chi connectivity index (χ1v) is 15.7. The van der Waals surface area contributed by atoms with E-state index in [-0.39, 0.29) is 18.0 Å². The highest BCUT2D eigenvalue weighted by Crippen LogP contribution is 2.45. The number of pyridine rings is 1. The summed E-state index contributed by atoms with van der Waals surface area (Å²) >= 11 is 6.18. The lowest BCUT2D eigenvalue weighted by molar-refractivity contribution is -0.166. The number of hydrogen-bond acceptors (Lipinski definition) is 6. The van der Waals surface area contributed by atoms with Crippen LogP contribution in [0.15, 0.2) is 42.5 Å². The van der Waals surface area contributed by atoms with E-state index < -0.39 is 11.7 Å². The summed E-state index contributed by atoms with van der Waals surface area (Å²) in [6, 6.07) is 14.1. The predicted octanol–water partition coefficient (Wildman–Crippen LogP) is 8.95. The summed E-state index contributed by atoms with van der Waals surface area (Å²) in [5, 5.41) is 0.726. The molecular formula is C36H47ClN2O4. The summed E-state index contributed by atoms with van der Waals surface area (Å²) in [6.07, 6.45) is 1.21. The Morgan fingerprint density at radius 3 is 2.26 bits per heavy atom. The third kappa shape index (κ3) is 8.10. The van der Waals surface area contributed by atoms with Gasteiger partial charge < -0.3 is 19.1 Å². The van der Waals surface area contributed by atoms with Crippen molar-refractivity contribution in [2.24, 2.45) is 5.41 Å². The molecule has 1 aliphatic rings. The van der Waals surface area contributed by atoms with E-state index in [0.717, 1.165) is 81.6 Å². The molecule has 0 spiro atoms. The zero-order chi connectivity index (χ0) is 31.5. The molecule has 3 aromatic rings. The number of aryl methyl sites for hydroxylation is 3. The van der Waals surface area contributed by atoms with Crippen LogP contribution < -0.4 is 9.64 Å². The highest BCUT2D eigenvalue weighted by atomic mass is 35.5. The highest BCUT2D eigenvalue weighted by molar-refractivity contribution is 6.31. The van der Waals surface area contributed by atoms with Gasteiger partial charge in [-0.25, -0.2) is 4.79 Å². The van der Waals surface area contributed by atoms with Crippen LogP contribution in [-0.2, 0) is 20.9 Å². The molecule has 1 aliphatic heterocycles. The zero-order valence-electron chi connectivity index (χ0n) is 27.3. The summed E-state index contributed by atoms with van der Waals surface area (Å²) in [6.45, 7) is 20.8. The summed E-state index contributed by atoms with van der Waals surface area (Å²) in [4.78, 5) is 20.9. The molecule has 0 amide bonds. The van der Waals surface area contributed by atoms with Crippen molar-refractivity contribution >= 4 is 23.3 Å². The Morgan fingerprint density at radius 1 is 1.02 bits per heavy atom. The van der Waals surface area contributed by atoms with Crippen molar-refractivity contribution in [3.8, 4) is 16.9 Å². The van der Waals surface area contributed by atoms with Gasteiger partial charge in [0.05, 0.1) is 17.9 Å². The smallest absolute Gasteiger partial charge is 0.340 e. The Balaban J connectivity index is 1.79. The van der Waals surface area contributed by atoms with E-state index in [0.29, 0.717) is 6.61 Å². The summed E-state index contributed by atoms with van der Waals surface area (Å²) < 4.78 is 18.1. The predicted molar refractivity (Wildman–Crippen MR) is 175 cm³/mol. The van der Waals surface area contributed by atoms with Crippen molar-refractivity contribution in [1.29, 1.82) is 0 Å². The summed E-state index contributed by atoms with van der Waals surface area (Å²) in [7, 11) is 0. The second kappa shape index (κ2) is 13.3. The molecule has 7 heteroatoms. The number of carbonyl (C=O) groups is 1. The third-order valence-electron chi connectivity index (χ3n) is 8.02. The average molecular weight is 607 g/mol. The molecule has 0 saturated carbocycles. The second-order valence-electron chi connectivity index (χ2n) is 13.3. The Morgan fingerprint density at radius 2 is 1.67 bits per heavy atom. The number of carbonyl (C=O) groups excluding carboxylic acids is 1. The molecular weight excluding hydrogens is 560 g/mol. The molecule has 43 heavy (non-hydrogen) atoms. The number of hydrogen-bond donors (Lipinski definition) is 0. The summed E-state index contributed by atoms with van der Waals surface area (Å²) in [5.41, 5.74) is 7.30. The first kappa shape index (κ1) is 32.8. The number of aromatic nitrogens is 1. The van der Waals surface area contributed by atoms with E-state index >= 15 is 0 Å². The van der Waals surface area contributed by atoms with Gasteiger partial charge in [-0.2, -0.15) is 0 Å². The van der Waals surface area contributed by atoms with Gasteiger partial charge in [0, 0.05) is 40.6 Å². The molecule has 0 N–H and O–H groups in total. The van der Waals surface area contributed by atoms with Crippen LogP contribution in [0.5, 0.6) is 5.75 Å². The minimum absolute atomic E-state index is 0.265. The van der Waals surface area contributed by atoms with Crippen LogP contribution in [0.4, 0.5) is 5.69 Å². The van der Waals surface area contributed by atoms with E-state index in [1.54, 1.807) is 0 Å². The van der Waals surface area contributed by atoms with Crippen LogP contribution in [0.25, 0.3) is 11.1 Å². The van der Waals surface area contributed by atoms with E-state index in [4.69, 9.17) is 30.8 Å². The lowest BCUT2D eigenvalue weighted by atomic mass is 9.81. The Labute approximate surface area is 262 Å². The number of ether oxygens (including phenoxy) is 3. The van der Waals surface area contributed by atoms with E-state index in [1.807, 2.05) is 66.7 Å². The number of rotatable bonds is 9. The molecule has 232 valence electrons. The van der Waals surface area contributed by atoms with E-state index in [1.165, 1.54) is 0 Å². The number of nitrogens with zero attached hydrogens (tertiary/aromatic N) is 2. The van der Waals surface area contributed by atoms with Crippen molar-refractivity contribution in [2.45, 2.75) is 93.5 Å². The average Bonchev–Trinajstić information content (AvgIpc) is 2.92. The van der Waals surface area contributed by atoms with E-state index in [2.05, 4.69) is 43.0 Å². The fourth-order valence-electron chi connectivity index (χ4n) is 5.61. The molecule has 0 radical (unpaired) electrons. The Bertz CT molecular complexity index is 1430. The van der Waals surface area contributed by atoms with Crippen LogP contribution >= 0.6 is 11.6 Å². The number of piperidine rings is 1. The van der Waals surface area contributed by atoms with E-state index in [9.17, 15) is 4.79 Å². The Hall–Kier alpha value is -3.09. The van der Waals surface area contributed by atoms with Crippen LogP contribution in [0.2, 0.25) is 5.02 Å². The first-order valence-electron chi connectivity index (χ1n) is 15.3. The topological polar surface area (TPSA) is 60.9 Å². The van der Waals surface area contributed by atoms with Gasteiger partial charge in [-0.15, -0.1) is 0 Å². The maximum Gasteiger partial charge on any atom is 0.340 e. The minimum Gasteiger partial charge on any atom is -0.489 e. The molecule has 1 fully saturated rings. The SMILES string of the molecule is CCOC(=O)[C@@H](OC(C)(C)C)c1c(C)nc(C)c(-c2ccc(COc3ccc(Cl)c(C)c3)cc2)c1N1CCC(C)(C)CC1. The molecule has 6 nitrogen and oxygen atoms in total. The second-order valence-corrected chi connectivity index (χ2v) is 13.7. The van der Waals surface area contributed by atoms with Gasteiger partial charge in [-0.3, -0.25) is 4.98 Å². The van der Waals surface area contributed by atoms with Crippen LogP contribution in [0.1, 0.15) is 88.6 Å². The Kier molecular flexibility index (Phi) is 10.1. The van der Waals surface area contributed by atoms with Gasteiger partial charge in [0.2, 0.25) is 0 Å². The standard InChI is InChI=1S/C36H47ClN2O4/c1-10-41-34(40)33(43-35(5,6)7)31-25(4)38-24(3)30(32(31)39-19-17-36(8,9)18-20-39)27-13-11-26(12-14-27)22-42-28-15-16-29(37)23(2)21-28/h11-16,21,33H,10,17-20,22H2,1-9H3/t33-/m0/s1. The molecule has 1 atom stereocenters. The van der Waals surface area contributed by atoms with Crippen molar-refractivity contribution < 1.29 is 19.0 Å². The third-order valence-corrected chi connectivity index (χ3v) is 8.45. The van der Waals surface area contributed by atoms with Gasteiger partial charge >= 0.3 is 5.97 Å². The minimum atomic E-state index is -0.896. The van der Waals surface area contributed by atoms with Crippen LogP contribution in [0.3, 0.4) is 0 Å². The molecule has 2 heterocycles. The van der Waals surface area contributed by atoms with Crippen molar-refractivity contribution in [3.63, 3.8) is 0 Å². The van der Waals surface area contributed by atoms with Gasteiger partial charge in [0.15, 0.2) is 6.10 Å². The molecule has 2 aromatic carbocycles. The lowest BCUT2D eigenvalue weighted by Gasteiger charge is -2.41. The van der Waals surface area contributed by atoms with Crippen molar-refractivity contribution in [1.82, 2.24) is 4.98 Å². The zero-order valence-corrected chi connectivity index (χ0v) is 28.0. The molecule has 1 saturated heterocycles. The molecule has 0 bridgehead atoms. The van der Waals surface area contributed by atoms with Gasteiger partial charge in [-0.05, 0) is 102 Å². The molecule has 4 rings (SSSR count). The monoisotopic (exact) mass is 606 g/mol. The first-order chi connectivity index (χ1) is 20.2. The summed E-state index contributed by atoms with van der Waals surface area (Å²) in [5.74, 6) is 0.397. The normalized spacial score (nSPS) is 15.7. The number of anilines is 1. The fraction of sp³-hybridized carbons (Fsp3) is 0.500. The lowest BCUT2D eigenvalue weighted by Crippen LogP contribution is -2.39. The largest absolute Gasteiger partial charge is 0.489 e. The molecule has 0 aliphatic carbocycles. The fourth-order valence-corrected chi connectivity index (χ4v) is 5.72. The van der Waals surface area contributed by atoms with Crippen molar-refractivity contribution in [2.75, 3.05) is 24.6 Å². The van der Waals surface area contributed by atoms with Gasteiger partial charge in [0.1, 0.15) is 12.4 Å². The number of benzene rings is 2. The highest BCUT2D eigenvalue weighted by Gasteiger charge is 2.37. The molecule has 0 unspecified atom stereocenters. The number of esters is 1. The van der Waals surface area contributed by atoms with Gasteiger partial charge in [-0.1, -0.05) is 49.7 Å². The van der Waals surface area contributed by atoms with Crippen LogP contribution in [-0.4, -0.2) is 36.3 Å².